The molecule has 0 unspecified atom stereocenters. The molecule has 24 heavy (non-hydrogen) atoms. The first kappa shape index (κ1) is 21.5. The van der Waals surface area contributed by atoms with Gasteiger partial charge in [0.15, 0.2) is 0 Å². The summed E-state index contributed by atoms with van der Waals surface area (Å²) in [4.78, 5) is 0. The first-order valence-electron chi connectivity index (χ1n) is 8.64. The van der Waals surface area contributed by atoms with Gasteiger partial charge < -0.3 is 5.32 Å². The number of rotatable bonds is 12. The van der Waals surface area contributed by atoms with Gasteiger partial charge in [-0.1, -0.05) is 36.8 Å². The van der Waals surface area contributed by atoms with Crippen molar-refractivity contribution in [2.45, 2.75) is 50.5 Å². The van der Waals surface area contributed by atoms with E-state index in [0.717, 1.165) is 43.9 Å². The predicted octanol–water partition coefficient (Wildman–Crippen LogP) is 3.40. The molecule has 0 aromatic heterocycles. The van der Waals surface area contributed by atoms with Crippen molar-refractivity contribution in [2.24, 2.45) is 0 Å². The van der Waals surface area contributed by atoms with Crippen LogP contribution in [0.2, 0.25) is 0 Å². The molecular weight excluding hydrogens is 340 g/mol. The van der Waals surface area contributed by atoms with Crippen LogP contribution in [0.25, 0.3) is 0 Å². The second-order valence-corrected chi connectivity index (χ2v) is 10.5. The molecular formula is C18H32N2O2S2. The highest BCUT2D eigenvalue weighted by atomic mass is 32.2. The molecule has 0 radical (unpaired) electrons. The van der Waals surface area contributed by atoms with Crippen LogP contribution < -0.4 is 10.0 Å². The van der Waals surface area contributed by atoms with Gasteiger partial charge in [-0.25, -0.2) is 13.1 Å². The minimum atomic E-state index is -3.20. The van der Waals surface area contributed by atoms with E-state index >= 15 is 0 Å². The van der Waals surface area contributed by atoms with Crippen molar-refractivity contribution in [3.05, 3.63) is 35.9 Å². The van der Waals surface area contributed by atoms with Crippen LogP contribution in [0, 0.1) is 0 Å². The van der Waals surface area contributed by atoms with E-state index in [0.29, 0.717) is 6.54 Å². The highest BCUT2D eigenvalue weighted by Crippen LogP contribution is 2.13. The fourth-order valence-corrected chi connectivity index (χ4v) is 3.72. The summed E-state index contributed by atoms with van der Waals surface area (Å²) in [6.07, 6.45) is 3.01. The quantitative estimate of drug-likeness (QED) is 0.552. The zero-order valence-corrected chi connectivity index (χ0v) is 16.8. The third-order valence-electron chi connectivity index (χ3n) is 3.66. The number of thioether (sulfide) groups is 1. The summed E-state index contributed by atoms with van der Waals surface area (Å²) < 4.78 is 25.7. The van der Waals surface area contributed by atoms with Crippen LogP contribution >= 0.6 is 11.8 Å². The van der Waals surface area contributed by atoms with Gasteiger partial charge in [-0.2, -0.15) is 11.8 Å². The molecule has 1 aromatic rings. The molecule has 0 bridgehead atoms. The van der Waals surface area contributed by atoms with Crippen LogP contribution in [0.1, 0.15) is 45.6 Å². The molecule has 0 aliphatic carbocycles. The van der Waals surface area contributed by atoms with E-state index in [1.54, 1.807) is 20.8 Å². The second-order valence-electron chi connectivity index (χ2n) is 6.86. The number of nitrogens with one attached hydrogen (secondary N) is 2. The molecule has 0 aliphatic heterocycles. The van der Waals surface area contributed by atoms with Crippen LogP contribution in [0.15, 0.2) is 30.3 Å². The zero-order valence-electron chi connectivity index (χ0n) is 15.2. The van der Waals surface area contributed by atoms with Crippen molar-refractivity contribution in [3.8, 4) is 0 Å². The summed E-state index contributed by atoms with van der Waals surface area (Å²) in [6.45, 7) is 7.71. The minimum Gasteiger partial charge on any atom is -0.316 e. The van der Waals surface area contributed by atoms with Gasteiger partial charge >= 0.3 is 0 Å². The number of unbranched alkanes of at least 4 members (excludes halogenated alkanes) is 2. The van der Waals surface area contributed by atoms with Crippen LogP contribution in [-0.2, 0) is 15.8 Å². The highest BCUT2D eigenvalue weighted by molar-refractivity contribution is 7.98. The number of hydrogen-bond acceptors (Lipinski definition) is 4. The molecule has 6 heteroatoms. The summed E-state index contributed by atoms with van der Waals surface area (Å²) in [5, 5.41) is 3.44. The Labute approximate surface area is 152 Å². The summed E-state index contributed by atoms with van der Waals surface area (Å²) in [5.41, 5.74) is 1.38. The summed E-state index contributed by atoms with van der Waals surface area (Å²) in [5.74, 6) is 2.18. The maximum atomic E-state index is 11.9. The summed E-state index contributed by atoms with van der Waals surface area (Å²) in [7, 11) is -3.20. The van der Waals surface area contributed by atoms with Crippen LogP contribution in [0.5, 0.6) is 0 Å². The normalized spacial score (nSPS) is 12.5. The molecule has 0 atom stereocenters. The van der Waals surface area contributed by atoms with E-state index in [9.17, 15) is 8.42 Å². The first-order valence-corrected chi connectivity index (χ1v) is 11.3. The van der Waals surface area contributed by atoms with Gasteiger partial charge in [-0.05, 0) is 45.7 Å². The van der Waals surface area contributed by atoms with Crippen molar-refractivity contribution in [3.63, 3.8) is 0 Å². The maximum Gasteiger partial charge on any atom is 0.216 e. The summed E-state index contributed by atoms with van der Waals surface area (Å²) in [6, 6.07) is 10.5. The van der Waals surface area contributed by atoms with E-state index in [-0.39, 0.29) is 0 Å². The second kappa shape index (κ2) is 11.1. The van der Waals surface area contributed by atoms with Crippen LogP contribution in [0.4, 0.5) is 0 Å². The van der Waals surface area contributed by atoms with Gasteiger partial charge in [-0.15, -0.1) is 0 Å². The van der Waals surface area contributed by atoms with Crippen molar-refractivity contribution in [2.75, 3.05) is 25.4 Å². The smallest absolute Gasteiger partial charge is 0.216 e. The lowest BCUT2D eigenvalue weighted by atomic mass is 10.2. The molecule has 138 valence electrons. The maximum absolute atomic E-state index is 11.9. The van der Waals surface area contributed by atoms with E-state index in [1.165, 1.54) is 5.56 Å². The summed E-state index contributed by atoms with van der Waals surface area (Å²) >= 11 is 1.94. The topological polar surface area (TPSA) is 58.2 Å². The lowest BCUT2D eigenvalue weighted by Crippen LogP contribution is -2.39. The molecule has 1 aromatic carbocycles. The monoisotopic (exact) mass is 372 g/mol. The standard InChI is InChI=1S/C18H32N2O2S2/c1-18(2,3)24(21,22)20-13-9-5-8-12-19-14-15-23-16-17-10-6-4-7-11-17/h4,6-7,10-11,19-20H,5,8-9,12-16H2,1-3H3. The number of hydrogen-bond donors (Lipinski definition) is 2. The molecule has 0 heterocycles. The van der Waals surface area contributed by atoms with Crippen molar-refractivity contribution in [1.82, 2.24) is 10.0 Å². The molecule has 0 saturated carbocycles. The third-order valence-corrected chi connectivity index (χ3v) is 6.89. The van der Waals surface area contributed by atoms with Crippen molar-refractivity contribution >= 4 is 21.8 Å². The predicted molar refractivity (Wildman–Crippen MR) is 106 cm³/mol. The average molecular weight is 373 g/mol. The molecule has 1 rings (SSSR count). The van der Waals surface area contributed by atoms with E-state index in [2.05, 4.69) is 34.3 Å². The van der Waals surface area contributed by atoms with E-state index in [1.807, 2.05) is 17.8 Å². The van der Waals surface area contributed by atoms with E-state index in [4.69, 9.17) is 0 Å². The SMILES string of the molecule is CC(C)(C)S(=O)(=O)NCCCCCNCCSCc1ccccc1. The minimum absolute atomic E-state index is 0.534. The Morgan fingerprint density at radius 3 is 2.29 bits per heavy atom. The van der Waals surface area contributed by atoms with Gasteiger partial charge in [0.05, 0.1) is 4.75 Å². The van der Waals surface area contributed by atoms with Gasteiger partial charge in [0.1, 0.15) is 0 Å². The molecule has 0 amide bonds. The average Bonchev–Trinajstić information content (AvgIpc) is 2.52. The Morgan fingerprint density at radius 2 is 1.62 bits per heavy atom. The molecule has 0 fully saturated rings. The molecule has 0 spiro atoms. The Morgan fingerprint density at radius 1 is 0.958 bits per heavy atom. The Hall–Kier alpha value is -0.560. The molecule has 2 N–H and O–H groups in total. The number of sulfonamides is 1. The molecule has 0 saturated heterocycles. The van der Waals surface area contributed by atoms with E-state index < -0.39 is 14.8 Å². The molecule has 0 aliphatic rings. The lowest BCUT2D eigenvalue weighted by molar-refractivity contribution is 0.538. The van der Waals surface area contributed by atoms with Crippen LogP contribution in [0.3, 0.4) is 0 Å². The Balaban J connectivity index is 1.91. The Bertz CT molecular complexity index is 540. The first-order chi connectivity index (χ1) is 11.3. The van der Waals surface area contributed by atoms with Gasteiger partial charge in [0, 0.05) is 24.6 Å². The lowest BCUT2D eigenvalue weighted by Gasteiger charge is -2.19. The zero-order chi connectivity index (χ0) is 17.9. The van der Waals surface area contributed by atoms with Gasteiger partial charge in [0.2, 0.25) is 10.0 Å². The fraction of sp³-hybridized carbons (Fsp3) is 0.667. The highest BCUT2D eigenvalue weighted by Gasteiger charge is 2.27. The van der Waals surface area contributed by atoms with Crippen molar-refractivity contribution < 1.29 is 8.42 Å². The van der Waals surface area contributed by atoms with Crippen LogP contribution in [-0.4, -0.2) is 38.6 Å². The molecule has 4 nitrogen and oxygen atoms in total. The fourth-order valence-electron chi connectivity index (χ4n) is 2.01. The Kier molecular flexibility index (Phi) is 9.96. The van der Waals surface area contributed by atoms with Gasteiger partial charge in [0.25, 0.3) is 0 Å². The number of benzene rings is 1. The largest absolute Gasteiger partial charge is 0.316 e. The van der Waals surface area contributed by atoms with Crippen molar-refractivity contribution in [1.29, 1.82) is 0 Å². The third kappa shape index (κ3) is 9.06. The van der Waals surface area contributed by atoms with Gasteiger partial charge in [-0.3, -0.25) is 0 Å².